The first-order valence-electron chi connectivity index (χ1n) is 7.21. The summed E-state index contributed by atoms with van der Waals surface area (Å²) in [4.78, 5) is 0.107. The molecule has 1 aromatic carbocycles. The smallest absolute Gasteiger partial charge is 0.242 e. The Hall–Kier alpha value is -1.64. The van der Waals surface area contributed by atoms with Gasteiger partial charge in [0, 0.05) is 12.2 Å². The van der Waals surface area contributed by atoms with Gasteiger partial charge in [-0.3, -0.25) is 0 Å². The molecule has 0 atom stereocenters. The number of hydrogen-bond acceptors (Lipinski definition) is 4. The van der Waals surface area contributed by atoms with E-state index in [1.54, 1.807) is 25.1 Å². The number of benzene rings is 1. The molecule has 0 radical (unpaired) electrons. The van der Waals surface area contributed by atoms with Crippen molar-refractivity contribution in [3.05, 3.63) is 47.8 Å². The number of hydrogen-bond donors (Lipinski definition) is 1. The van der Waals surface area contributed by atoms with Gasteiger partial charge in [-0.05, 0) is 38.5 Å². The highest BCUT2D eigenvalue weighted by Gasteiger charge is 2.27. The van der Waals surface area contributed by atoms with Crippen LogP contribution >= 0.6 is 0 Å². The third-order valence-corrected chi connectivity index (χ3v) is 6.92. The van der Waals surface area contributed by atoms with Crippen molar-refractivity contribution in [2.24, 2.45) is 0 Å². The normalized spacial score (nSPS) is 12.5. The van der Waals surface area contributed by atoms with E-state index in [4.69, 9.17) is 0 Å². The van der Waals surface area contributed by atoms with Crippen LogP contribution < -0.4 is 4.72 Å². The maximum atomic E-state index is 12.8. The van der Waals surface area contributed by atoms with Crippen LogP contribution in [0.25, 0.3) is 0 Å². The summed E-state index contributed by atoms with van der Waals surface area (Å²) in [5.74, 6) is 0. The molecule has 8 heteroatoms. The van der Waals surface area contributed by atoms with Gasteiger partial charge in [0.1, 0.15) is 4.90 Å². The lowest BCUT2D eigenvalue weighted by Gasteiger charge is -2.11. The summed E-state index contributed by atoms with van der Waals surface area (Å²) in [6.07, 6.45) is 0.653. The molecular formula is C15H20N2O4S2. The Morgan fingerprint density at radius 3 is 2.22 bits per heavy atom. The van der Waals surface area contributed by atoms with Gasteiger partial charge in [-0.15, -0.1) is 0 Å². The predicted molar refractivity (Wildman–Crippen MR) is 88.4 cm³/mol. The zero-order valence-electron chi connectivity index (χ0n) is 13.3. The van der Waals surface area contributed by atoms with Gasteiger partial charge in [0.05, 0.1) is 10.6 Å². The second kappa shape index (κ2) is 6.46. The van der Waals surface area contributed by atoms with E-state index < -0.39 is 20.0 Å². The van der Waals surface area contributed by atoms with E-state index in [1.165, 1.54) is 25.1 Å². The van der Waals surface area contributed by atoms with Crippen molar-refractivity contribution < 1.29 is 16.8 Å². The van der Waals surface area contributed by atoms with Crippen LogP contribution in [0, 0.1) is 13.8 Å². The first kappa shape index (κ1) is 17.7. The fourth-order valence-corrected chi connectivity index (χ4v) is 5.47. The van der Waals surface area contributed by atoms with Crippen molar-refractivity contribution in [1.29, 1.82) is 0 Å². The molecule has 2 rings (SSSR count). The summed E-state index contributed by atoms with van der Waals surface area (Å²) in [6, 6.07) is 9.32. The van der Waals surface area contributed by atoms with E-state index >= 15 is 0 Å². The Morgan fingerprint density at radius 2 is 1.65 bits per heavy atom. The van der Waals surface area contributed by atoms with Gasteiger partial charge in [-0.1, -0.05) is 25.1 Å². The molecule has 1 heterocycles. The topological polar surface area (TPSA) is 85.2 Å². The number of sulfonamides is 1. The van der Waals surface area contributed by atoms with E-state index in [0.29, 0.717) is 18.7 Å². The molecule has 0 unspecified atom stereocenters. The summed E-state index contributed by atoms with van der Waals surface area (Å²) >= 11 is 0. The van der Waals surface area contributed by atoms with Crippen molar-refractivity contribution >= 4 is 20.0 Å². The Bertz CT molecular complexity index is 898. The number of nitrogens with one attached hydrogen (secondary N) is 1. The zero-order valence-corrected chi connectivity index (χ0v) is 14.9. The first-order chi connectivity index (χ1) is 10.7. The summed E-state index contributed by atoms with van der Waals surface area (Å²) < 4.78 is 53.7. The molecule has 0 aliphatic carbocycles. The maximum Gasteiger partial charge on any atom is 0.268 e. The molecule has 0 aliphatic heterocycles. The lowest BCUT2D eigenvalue weighted by molar-refractivity contribution is 0.579. The Balaban J connectivity index is 2.60. The molecule has 23 heavy (non-hydrogen) atoms. The predicted octanol–water partition coefficient (Wildman–Crippen LogP) is 2.03. The molecule has 0 saturated carbocycles. The average molecular weight is 356 g/mol. The second-order valence-electron chi connectivity index (χ2n) is 5.22. The van der Waals surface area contributed by atoms with Crippen molar-refractivity contribution in [1.82, 2.24) is 8.69 Å². The van der Waals surface area contributed by atoms with Crippen LogP contribution in [-0.2, 0) is 20.0 Å². The molecule has 0 bridgehead atoms. The van der Waals surface area contributed by atoms with Crippen LogP contribution in [0.15, 0.2) is 46.2 Å². The Morgan fingerprint density at radius 1 is 1.04 bits per heavy atom. The van der Waals surface area contributed by atoms with Crippen LogP contribution in [0.3, 0.4) is 0 Å². The van der Waals surface area contributed by atoms with Crippen molar-refractivity contribution in [3.8, 4) is 0 Å². The van der Waals surface area contributed by atoms with Gasteiger partial charge in [0.15, 0.2) is 0 Å². The third-order valence-electron chi connectivity index (χ3n) is 3.43. The number of rotatable bonds is 6. The number of aromatic nitrogens is 1. The molecule has 126 valence electrons. The molecule has 0 spiro atoms. The van der Waals surface area contributed by atoms with Crippen molar-refractivity contribution in [2.75, 3.05) is 6.54 Å². The second-order valence-corrected chi connectivity index (χ2v) is 8.74. The minimum atomic E-state index is -3.84. The molecule has 0 amide bonds. The number of nitrogens with zero attached hydrogens (tertiary/aromatic N) is 1. The lowest BCUT2D eigenvalue weighted by Crippen LogP contribution is -2.25. The minimum Gasteiger partial charge on any atom is -0.242 e. The molecule has 1 aromatic heterocycles. The van der Waals surface area contributed by atoms with E-state index in [0.717, 1.165) is 3.97 Å². The molecule has 0 fully saturated rings. The fraction of sp³-hybridized carbons (Fsp3) is 0.333. The quantitative estimate of drug-likeness (QED) is 0.858. The first-order valence-corrected chi connectivity index (χ1v) is 10.1. The summed E-state index contributed by atoms with van der Waals surface area (Å²) in [5, 5.41) is 0. The van der Waals surface area contributed by atoms with E-state index in [1.807, 2.05) is 6.92 Å². The van der Waals surface area contributed by atoms with E-state index in [2.05, 4.69) is 4.72 Å². The van der Waals surface area contributed by atoms with Gasteiger partial charge in [-0.2, -0.15) is 0 Å². The standard InChI is InChI=1S/C15H20N2O4S2/c1-4-10-16-22(18,19)15-11-12(2)17(13(15)3)23(20,21)14-8-6-5-7-9-14/h5-9,11,16H,4,10H2,1-3H3. The van der Waals surface area contributed by atoms with Crippen molar-refractivity contribution in [2.45, 2.75) is 37.0 Å². The lowest BCUT2D eigenvalue weighted by atomic mass is 10.4. The zero-order chi connectivity index (χ0) is 17.3. The molecule has 1 N–H and O–H groups in total. The highest BCUT2D eigenvalue weighted by Crippen LogP contribution is 2.25. The SMILES string of the molecule is CCCNS(=O)(=O)c1cc(C)n(S(=O)(=O)c2ccccc2)c1C. The fourth-order valence-electron chi connectivity index (χ4n) is 2.37. The summed E-state index contributed by atoms with van der Waals surface area (Å²) in [6.45, 7) is 5.23. The van der Waals surface area contributed by atoms with Crippen LogP contribution in [0.5, 0.6) is 0 Å². The summed E-state index contributed by atoms with van der Waals surface area (Å²) in [7, 11) is -7.57. The van der Waals surface area contributed by atoms with E-state index in [9.17, 15) is 16.8 Å². The molecule has 0 aliphatic rings. The van der Waals surface area contributed by atoms with Crippen LogP contribution in [0.4, 0.5) is 0 Å². The van der Waals surface area contributed by atoms with Gasteiger partial charge < -0.3 is 0 Å². The van der Waals surface area contributed by atoms with Gasteiger partial charge >= 0.3 is 0 Å². The molecular weight excluding hydrogens is 336 g/mol. The minimum absolute atomic E-state index is 0.0112. The Labute approximate surface area is 137 Å². The largest absolute Gasteiger partial charge is 0.268 e. The average Bonchev–Trinajstić information content (AvgIpc) is 2.82. The van der Waals surface area contributed by atoms with Crippen LogP contribution in [0.1, 0.15) is 24.7 Å². The van der Waals surface area contributed by atoms with Crippen LogP contribution in [0.2, 0.25) is 0 Å². The molecule has 6 nitrogen and oxygen atoms in total. The van der Waals surface area contributed by atoms with Gasteiger partial charge in [0.2, 0.25) is 10.0 Å². The maximum absolute atomic E-state index is 12.8. The van der Waals surface area contributed by atoms with Gasteiger partial charge in [0.25, 0.3) is 10.0 Å². The monoisotopic (exact) mass is 356 g/mol. The highest BCUT2D eigenvalue weighted by atomic mass is 32.2. The molecule has 0 saturated heterocycles. The van der Waals surface area contributed by atoms with Crippen LogP contribution in [-0.4, -0.2) is 27.4 Å². The third kappa shape index (κ3) is 3.34. The van der Waals surface area contributed by atoms with Gasteiger partial charge in [-0.25, -0.2) is 25.5 Å². The van der Waals surface area contributed by atoms with Crippen molar-refractivity contribution in [3.63, 3.8) is 0 Å². The molecule has 2 aromatic rings. The Kier molecular flexibility index (Phi) is 4.98. The number of aryl methyl sites for hydroxylation is 1. The summed E-state index contributed by atoms with van der Waals surface area (Å²) in [5.41, 5.74) is 0.526. The highest BCUT2D eigenvalue weighted by molar-refractivity contribution is 7.90. The van der Waals surface area contributed by atoms with E-state index in [-0.39, 0.29) is 15.5 Å².